The molecular formula is C23H25NO2. The van der Waals surface area contributed by atoms with Crippen molar-refractivity contribution >= 4 is 16.5 Å². The molecule has 3 atom stereocenters. The first-order valence-electron chi connectivity index (χ1n) is 9.34. The van der Waals surface area contributed by atoms with Gasteiger partial charge in [-0.05, 0) is 53.0 Å². The summed E-state index contributed by atoms with van der Waals surface area (Å²) in [4.78, 5) is 0. The zero-order valence-corrected chi connectivity index (χ0v) is 16.0. The highest BCUT2D eigenvalue weighted by Crippen LogP contribution is 2.62. The van der Waals surface area contributed by atoms with Gasteiger partial charge in [0.15, 0.2) is 5.79 Å². The van der Waals surface area contributed by atoms with Gasteiger partial charge in [0.1, 0.15) is 0 Å². The van der Waals surface area contributed by atoms with Crippen molar-refractivity contribution in [2.75, 3.05) is 7.11 Å². The summed E-state index contributed by atoms with van der Waals surface area (Å²) in [6.07, 6.45) is 2.23. The van der Waals surface area contributed by atoms with Crippen LogP contribution in [0.3, 0.4) is 0 Å². The molecule has 2 aromatic rings. The van der Waals surface area contributed by atoms with Crippen LogP contribution in [0.1, 0.15) is 50.3 Å². The molecule has 134 valence electrons. The van der Waals surface area contributed by atoms with E-state index in [1.807, 2.05) is 0 Å². The number of hydrogen-bond acceptors (Lipinski definition) is 3. The lowest BCUT2D eigenvalue weighted by atomic mass is 9.66. The van der Waals surface area contributed by atoms with Gasteiger partial charge < -0.3 is 15.2 Å². The summed E-state index contributed by atoms with van der Waals surface area (Å²) in [6, 6.07) is 10.8. The number of rotatable bonds is 1. The van der Waals surface area contributed by atoms with Gasteiger partial charge in [-0.15, -0.1) is 0 Å². The first-order chi connectivity index (χ1) is 12.4. The van der Waals surface area contributed by atoms with Crippen LogP contribution in [0.2, 0.25) is 0 Å². The van der Waals surface area contributed by atoms with E-state index in [-0.39, 0.29) is 17.4 Å². The Balaban J connectivity index is 1.96. The lowest BCUT2D eigenvalue weighted by molar-refractivity contribution is -0.110. The maximum atomic E-state index is 11.0. The summed E-state index contributed by atoms with van der Waals surface area (Å²) in [5.74, 6) is -1.17. The van der Waals surface area contributed by atoms with Crippen molar-refractivity contribution in [3.05, 3.63) is 64.2 Å². The largest absolute Gasteiger partial charge is 0.375 e. The second-order valence-electron chi connectivity index (χ2n) is 8.32. The number of fused-ring (bicyclic) bond motifs is 4. The summed E-state index contributed by atoms with van der Waals surface area (Å²) in [6.45, 7) is 8.90. The topological polar surface area (TPSA) is 41.5 Å². The molecule has 0 amide bonds. The number of aliphatic hydroxyl groups is 1. The van der Waals surface area contributed by atoms with Crippen LogP contribution in [-0.2, 0) is 10.2 Å². The molecule has 1 heterocycles. The normalized spacial score (nSPS) is 32.3. The molecule has 2 aliphatic carbocycles. The molecule has 2 N–H and O–H groups in total. The zero-order chi connectivity index (χ0) is 18.4. The van der Waals surface area contributed by atoms with Crippen LogP contribution in [0, 0.1) is 0 Å². The molecule has 0 spiro atoms. The minimum Gasteiger partial charge on any atom is -0.375 e. The summed E-state index contributed by atoms with van der Waals surface area (Å²) < 4.78 is 5.55. The Bertz CT molecular complexity index is 1030. The van der Waals surface area contributed by atoms with Crippen LogP contribution < -0.4 is 5.32 Å². The molecule has 26 heavy (non-hydrogen) atoms. The van der Waals surface area contributed by atoms with Crippen molar-refractivity contribution < 1.29 is 9.84 Å². The predicted octanol–water partition coefficient (Wildman–Crippen LogP) is 4.21. The molecule has 0 saturated heterocycles. The summed E-state index contributed by atoms with van der Waals surface area (Å²) in [5, 5.41) is 17.1. The van der Waals surface area contributed by atoms with Gasteiger partial charge in [-0.1, -0.05) is 44.2 Å². The summed E-state index contributed by atoms with van der Waals surface area (Å²) >= 11 is 0. The molecule has 1 aliphatic heterocycles. The van der Waals surface area contributed by atoms with Gasteiger partial charge in [0.05, 0.1) is 12.0 Å². The lowest BCUT2D eigenvalue weighted by Crippen LogP contribution is -2.35. The van der Waals surface area contributed by atoms with Gasteiger partial charge in [-0.2, -0.15) is 0 Å². The fourth-order valence-corrected chi connectivity index (χ4v) is 5.48. The van der Waals surface area contributed by atoms with Crippen molar-refractivity contribution in [1.82, 2.24) is 5.32 Å². The number of methoxy groups -OCH3 is 1. The van der Waals surface area contributed by atoms with Crippen LogP contribution >= 0.6 is 0 Å². The van der Waals surface area contributed by atoms with Crippen LogP contribution in [0.15, 0.2) is 47.6 Å². The molecule has 2 aromatic carbocycles. The quantitative estimate of drug-likeness (QED) is 0.759. The first kappa shape index (κ1) is 16.1. The van der Waals surface area contributed by atoms with Crippen molar-refractivity contribution in [2.45, 2.75) is 50.9 Å². The van der Waals surface area contributed by atoms with Crippen molar-refractivity contribution in [3.63, 3.8) is 0 Å². The SMILES string of the molecule is C/C=C1\C(C)=C2NC3C(c4c2c(cc2ccccc42)C1(C)C)C3(O)OC. The summed E-state index contributed by atoms with van der Waals surface area (Å²) in [5.41, 5.74) is 7.53. The fraction of sp³-hybridized carbons (Fsp3) is 0.391. The minimum atomic E-state index is -1.14. The van der Waals surface area contributed by atoms with E-state index < -0.39 is 5.79 Å². The van der Waals surface area contributed by atoms with E-state index >= 15 is 0 Å². The molecule has 1 fully saturated rings. The van der Waals surface area contributed by atoms with E-state index in [9.17, 15) is 5.11 Å². The van der Waals surface area contributed by atoms with Gasteiger partial charge >= 0.3 is 0 Å². The fourth-order valence-electron chi connectivity index (χ4n) is 5.48. The molecule has 3 heteroatoms. The van der Waals surface area contributed by atoms with Gasteiger partial charge in [0.2, 0.25) is 0 Å². The van der Waals surface area contributed by atoms with Crippen molar-refractivity contribution in [3.8, 4) is 0 Å². The molecule has 0 radical (unpaired) electrons. The second-order valence-corrected chi connectivity index (χ2v) is 8.32. The first-order valence-corrected chi connectivity index (χ1v) is 9.34. The summed E-state index contributed by atoms with van der Waals surface area (Å²) in [7, 11) is 1.60. The number of ether oxygens (including phenoxy) is 1. The molecule has 0 bridgehead atoms. The predicted molar refractivity (Wildman–Crippen MR) is 105 cm³/mol. The van der Waals surface area contributed by atoms with Gasteiger partial charge in [-0.3, -0.25) is 0 Å². The third-order valence-electron chi connectivity index (χ3n) is 6.81. The molecule has 1 saturated carbocycles. The van der Waals surface area contributed by atoms with E-state index in [2.05, 4.69) is 69.4 Å². The molecule has 3 aliphatic rings. The van der Waals surface area contributed by atoms with Gasteiger partial charge in [0, 0.05) is 23.8 Å². The van der Waals surface area contributed by atoms with Gasteiger partial charge in [-0.25, -0.2) is 0 Å². The molecular weight excluding hydrogens is 322 g/mol. The molecule has 3 unspecified atom stereocenters. The highest BCUT2D eigenvalue weighted by Gasteiger charge is 2.70. The standard InChI is InChI=1S/C23H25NO2/c1-6-15-12(2)20-18-16(22(15,3)4)11-13-9-7-8-10-14(13)17(18)19-21(24-20)23(19,25)26-5/h6-11,19,21,24-25H,1-5H3/b15-6+. The average molecular weight is 347 g/mol. The third-order valence-corrected chi connectivity index (χ3v) is 6.81. The smallest absolute Gasteiger partial charge is 0.195 e. The molecule has 3 nitrogen and oxygen atoms in total. The maximum absolute atomic E-state index is 11.0. The zero-order valence-electron chi connectivity index (χ0n) is 16.0. The Morgan fingerprint density at radius 1 is 1.23 bits per heavy atom. The van der Waals surface area contributed by atoms with Crippen LogP contribution in [0.4, 0.5) is 0 Å². The van der Waals surface area contributed by atoms with E-state index in [1.54, 1.807) is 7.11 Å². The Morgan fingerprint density at radius 3 is 2.65 bits per heavy atom. The number of allylic oxidation sites excluding steroid dienone is 3. The highest BCUT2D eigenvalue weighted by molar-refractivity contribution is 5.97. The average Bonchev–Trinajstić information content (AvgIpc) is 3.24. The van der Waals surface area contributed by atoms with Gasteiger partial charge in [0.25, 0.3) is 0 Å². The number of benzene rings is 2. The Kier molecular flexibility index (Phi) is 2.96. The van der Waals surface area contributed by atoms with E-state index in [1.165, 1.54) is 38.6 Å². The van der Waals surface area contributed by atoms with Crippen molar-refractivity contribution in [1.29, 1.82) is 0 Å². The van der Waals surface area contributed by atoms with Crippen LogP contribution in [0.5, 0.6) is 0 Å². The Labute approximate surface area is 154 Å². The minimum absolute atomic E-state index is 0.0353. The Hall–Kier alpha value is -2.10. The van der Waals surface area contributed by atoms with E-state index in [0.717, 1.165) is 5.70 Å². The maximum Gasteiger partial charge on any atom is 0.195 e. The van der Waals surface area contributed by atoms with E-state index in [0.29, 0.717) is 0 Å². The van der Waals surface area contributed by atoms with Crippen LogP contribution in [0.25, 0.3) is 16.5 Å². The monoisotopic (exact) mass is 347 g/mol. The second kappa shape index (κ2) is 4.79. The van der Waals surface area contributed by atoms with Crippen molar-refractivity contribution in [2.24, 2.45) is 0 Å². The lowest BCUT2D eigenvalue weighted by Gasteiger charge is -2.40. The number of hydrogen-bond donors (Lipinski definition) is 2. The van der Waals surface area contributed by atoms with E-state index in [4.69, 9.17) is 4.74 Å². The molecule has 0 aromatic heterocycles. The third kappa shape index (κ3) is 1.66. The van der Waals surface area contributed by atoms with Crippen LogP contribution in [-0.4, -0.2) is 24.0 Å². The Morgan fingerprint density at radius 2 is 1.96 bits per heavy atom. The molecule has 5 rings (SSSR count). The number of nitrogens with one attached hydrogen (secondary N) is 1. The highest BCUT2D eigenvalue weighted by atomic mass is 16.6.